The molecule has 37 heavy (non-hydrogen) atoms. The quantitative estimate of drug-likeness (QED) is 0.270. The summed E-state index contributed by atoms with van der Waals surface area (Å²) in [6.07, 6.45) is 0.801. The number of hydrogen-bond donors (Lipinski definition) is 4. The molecule has 0 amide bonds. The highest BCUT2D eigenvalue weighted by Crippen LogP contribution is 2.56. The van der Waals surface area contributed by atoms with Gasteiger partial charge < -0.3 is 35.7 Å². The molecule has 3 heterocycles. The lowest BCUT2D eigenvalue weighted by Gasteiger charge is -2.40. The number of anilines is 1. The molecule has 3 rings (SSSR count). The summed E-state index contributed by atoms with van der Waals surface area (Å²) in [7, 11) is 0. The van der Waals surface area contributed by atoms with Crippen LogP contribution in [0.15, 0.2) is 12.5 Å². The van der Waals surface area contributed by atoms with Gasteiger partial charge in [-0.2, -0.15) is 0 Å². The second-order valence-electron chi connectivity index (χ2n) is 10.7. The van der Waals surface area contributed by atoms with Crippen LogP contribution in [0.5, 0.6) is 0 Å². The molecule has 0 bridgehead atoms. The van der Waals surface area contributed by atoms with E-state index in [4.69, 9.17) is 33.2 Å². The van der Waals surface area contributed by atoms with Gasteiger partial charge in [-0.1, -0.05) is 26.1 Å². The molecule has 0 unspecified atom stereocenters. The van der Waals surface area contributed by atoms with Gasteiger partial charge >= 0.3 is 17.9 Å². The number of thiocarbonyl (C=S) groups is 1. The Morgan fingerprint density at radius 3 is 2.22 bits per heavy atom. The Labute approximate surface area is 219 Å². The molecule has 1 aliphatic heterocycles. The summed E-state index contributed by atoms with van der Waals surface area (Å²) in [6, 6.07) is 0. The minimum atomic E-state index is -1.49. The number of carboxylic acids is 2. The van der Waals surface area contributed by atoms with Gasteiger partial charge in [0.25, 0.3) is 0 Å². The Morgan fingerprint density at radius 1 is 1.14 bits per heavy atom. The maximum atomic E-state index is 12.5. The third-order valence-corrected chi connectivity index (χ3v) is 7.44. The first-order valence-electron chi connectivity index (χ1n) is 11.7. The molecule has 12 nitrogen and oxygen atoms in total. The number of hydrogen-bond acceptors (Lipinski definition) is 9. The standard InChI is InChI=1S/C24H33N5O7S/c1-10(2)20(30)35-8-12-14(23(3,4)21(31)32)15(24(5,6)22(33)34)19(36-12)29-7-11(17(26)37)13-16(25)27-9-28-18(13)29/h7,9-10,12,14-15,19H,8H2,1-6H3,(H2,26,37)(H,31,32)(H,33,34)(H2,25,27,28)/t12-,14+,15-,19+/m0/s1. The summed E-state index contributed by atoms with van der Waals surface area (Å²) in [4.78, 5) is 45.6. The smallest absolute Gasteiger partial charge is 0.309 e. The van der Waals surface area contributed by atoms with Crippen molar-refractivity contribution in [2.24, 2.45) is 34.3 Å². The van der Waals surface area contributed by atoms with Crippen LogP contribution in [0.2, 0.25) is 0 Å². The molecule has 2 aromatic heterocycles. The molecule has 202 valence electrons. The number of carboxylic acid groups (broad SMARTS) is 2. The Hall–Kier alpha value is -3.32. The second kappa shape index (κ2) is 9.86. The summed E-state index contributed by atoms with van der Waals surface area (Å²) >= 11 is 5.20. The van der Waals surface area contributed by atoms with Crippen LogP contribution in [0.25, 0.3) is 11.0 Å². The molecular weight excluding hydrogens is 502 g/mol. The van der Waals surface area contributed by atoms with Crippen LogP contribution < -0.4 is 11.5 Å². The molecule has 1 saturated heterocycles. The van der Waals surface area contributed by atoms with Crippen molar-refractivity contribution in [1.29, 1.82) is 0 Å². The maximum absolute atomic E-state index is 12.5. The zero-order chi connectivity index (χ0) is 28.0. The third-order valence-electron chi connectivity index (χ3n) is 7.22. The fourth-order valence-corrected chi connectivity index (χ4v) is 5.12. The second-order valence-corrected chi connectivity index (χ2v) is 11.2. The van der Waals surface area contributed by atoms with E-state index in [0.717, 1.165) is 0 Å². The molecule has 0 aliphatic carbocycles. The summed E-state index contributed by atoms with van der Waals surface area (Å²) in [5.74, 6) is -4.93. The van der Waals surface area contributed by atoms with E-state index in [1.165, 1.54) is 34.0 Å². The number of aromatic nitrogens is 3. The average Bonchev–Trinajstić information content (AvgIpc) is 3.37. The SMILES string of the molecule is CC(C)C(=O)OC[C@@H]1O[C@@H](n2cc(C(N)=S)c3c(N)ncnc32)[C@@H](C(C)(C)C(=O)O)[C@@H]1C(C)(C)C(=O)O. The van der Waals surface area contributed by atoms with Crippen molar-refractivity contribution >= 4 is 52.0 Å². The highest BCUT2D eigenvalue weighted by atomic mass is 32.1. The third kappa shape index (κ3) is 4.85. The monoisotopic (exact) mass is 535 g/mol. The van der Waals surface area contributed by atoms with Crippen LogP contribution in [0.4, 0.5) is 5.82 Å². The molecule has 0 aromatic carbocycles. The van der Waals surface area contributed by atoms with Gasteiger partial charge in [-0.3, -0.25) is 14.4 Å². The zero-order valence-electron chi connectivity index (χ0n) is 21.6. The molecule has 0 saturated carbocycles. The lowest BCUT2D eigenvalue weighted by Crippen LogP contribution is -2.48. The summed E-state index contributed by atoms with van der Waals surface area (Å²) in [5, 5.41) is 20.8. The van der Waals surface area contributed by atoms with Crippen molar-refractivity contribution in [3.8, 4) is 0 Å². The lowest BCUT2D eigenvalue weighted by atomic mass is 9.61. The van der Waals surface area contributed by atoms with Gasteiger partial charge in [0, 0.05) is 23.6 Å². The van der Waals surface area contributed by atoms with E-state index in [9.17, 15) is 24.6 Å². The Morgan fingerprint density at radius 2 is 1.70 bits per heavy atom. The first-order valence-corrected chi connectivity index (χ1v) is 12.1. The van der Waals surface area contributed by atoms with E-state index in [2.05, 4.69) is 9.97 Å². The number of carbonyl (C=O) groups excluding carboxylic acids is 1. The number of nitrogen functional groups attached to an aromatic ring is 1. The first-order chi connectivity index (χ1) is 17.0. The maximum Gasteiger partial charge on any atom is 0.309 e. The Bertz CT molecular complexity index is 1260. The summed E-state index contributed by atoms with van der Waals surface area (Å²) < 4.78 is 13.4. The summed E-state index contributed by atoms with van der Waals surface area (Å²) in [6.45, 7) is 9.09. The topological polar surface area (TPSA) is 193 Å². The van der Waals surface area contributed by atoms with Crippen molar-refractivity contribution < 1.29 is 34.1 Å². The molecule has 1 fully saturated rings. The van der Waals surface area contributed by atoms with Crippen LogP contribution in [0, 0.1) is 28.6 Å². The van der Waals surface area contributed by atoms with Gasteiger partial charge in [0.2, 0.25) is 0 Å². The molecule has 1 aliphatic rings. The van der Waals surface area contributed by atoms with Crippen LogP contribution in [0.3, 0.4) is 0 Å². The van der Waals surface area contributed by atoms with E-state index in [1.807, 2.05) is 0 Å². The molecule has 0 radical (unpaired) electrons. The predicted molar refractivity (Wildman–Crippen MR) is 137 cm³/mol. The minimum absolute atomic E-state index is 0.0159. The minimum Gasteiger partial charge on any atom is -0.481 e. The average molecular weight is 536 g/mol. The van der Waals surface area contributed by atoms with Gasteiger partial charge in [-0.25, -0.2) is 9.97 Å². The fraction of sp³-hybridized carbons (Fsp3) is 0.583. The number of rotatable bonds is 9. The molecular formula is C24H33N5O7S. The Kier molecular flexibility index (Phi) is 7.53. The summed E-state index contributed by atoms with van der Waals surface area (Å²) in [5.41, 5.74) is 9.73. The molecule has 13 heteroatoms. The van der Waals surface area contributed by atoms with Crippen LogP contribution in [-0.4, -0.2) is 60.4 Å². The number of ether oxygens (including phenoxy) is 2. The highest BCUT2D eigenvalue weighted by molar-refractivity contribution is 7.80. The van der Waals surface area contributed by atoms with Crippen molar-refractivity contribution in [3.05, 3.63) is 18.1 Å². The van der Waals surface area contributed by atoms with Crippen molar-refractivity contribution in [2.45, 2.75) is 53.9 Å². The van der Waals surface area contributed by atoms with Crippen LogP contribution in [-0.2, 0) is 23.9 Å². The van der Waals surface area contributed by atoms with E-state index in [1.54, 1.807) is 24.6 Å². The number of nitrogens with two attached hydrogens (primary N) is 2. The number of carbonyl (C=O) groups is 3. The zero-order valence-corrected chi connectivity index (χ0v) is 22.4. The van der Waals surface area contributed by atoms with Crippen molar-refractivity contribution in [3.63, 3.8) is 0 Å². The van der Waals surface area contributed by atoms with Gasteiger partial charge in [0.1, 0.15) is 35.6 Å². The number of fused-ring (bicyclic) bond motifs is 1. The highest BCUT2D eigenvalue weighted by Gasteiger charge is 2.61. The normalized spacial score (nSPS) is 22.4. The molecule has 0 spiro atoms. The van der Waals surface area contributed by atoms with E-state index in [0.29, 0.717) is 10.9 Å². The lowest BCUT2D eigenvalue weighted by molar-refractivity contribution is -0.161. The number of aliphatic carboxylic acids is 2. The van der Waals surface area contributed by atoms with Crippen molar-refractivity contribution in [2.75, 3.05) is 12.3 Å². The number of nitrogens with zero attached hydrogens (tertiary/aromatic N) is 3. The largest absolute Gasteiger partial charge is 0.481 e. The van der Waals surface area contributed by atoms with Gasteiger partial charge in [0.05, 0.1) is 28.2 Å². The van der Waals surface area contributed by atoms with E-state index < -0.39 is 58.8 Å². The van der Waals surface area contributed by atoms with Gasteiger partial charge in [0.15, 0.2) is 0 Å². The molecule has 4 atom stereocenters. The van der Waals surface area contributed by atoms with E-state index in [-0.39, 0.29) is 23.1 Å². The molecule has 6 N–H and O–H groups in total. The van der Waals surface area contributed by atoms with E-state index >= 15 is 0 Å². The van der Waals surface area contributed by atoms with Crippen LogP contribution >= 0.6 is 12.2 Å². The Balaban J connectivity index is 2.28. The number of esters is 1. The molecule has 2 aromatic rings. The van der Waals surface area contributed by atoms with Crippen molar-refractivity contribution in [1.82, 2.24) is 14.5 Å². The fourth-order valence-electron chi connectivity index (χ4n) is 4.96. The van der Waals surface area contributed by atoms with Crippen LogP contribution in [0.1, 0.15) is 53.3 Å². The van der Waals surface area contributed by atoms with Gasteiger partial charge in [-0.15, -0.1) is 0 Å². The predicted octanol–water partition coefficient (Wildman–Crippen LogP) is 2.20. The van der Waals surface area contributed by atoms with Gasteiger partial charge in [-0.05, 0) is 27.7 Å². The first kappa shape index (κ1) is 28.3.